The number of hydrogen-bond acceptors (Lipinski definition) is 4. The van der Waals surface area contributed by atoms with Gasteiger partial charge in [0.25, 0.3) is 11.5 Å². The fourth-order valence-electron chi connectivity index (χ4n) is 3.06. The average Bonchev–Trinajstić information content (AvgIpc) is 3.08. The van der Waals surface area contributed by atoms with E-state index in [1.54, 1.807) is 24.3 Å². The van der Waals surface area contributed by atoms with Crippen LogP contribution in [0.3, 0.4) is 0 Å². The fraction of sp³-hybridized carbons (Fsp3) is 0.368. The summed E-state index contributed by atoms with van der Waals surface area (Å²) in [6.45, 7) is 2.18. The Labute approximate surface area is 146 Å². The molecule has 0 atom stereocenters. The highest BCUT2D eigenvalue weighted by Crippen LogP contribution is 2.21. The highest BCUT2D eigenvalue weighted by Gasteiger charge is 2.16. The van der Waals surface area contributed by atoms with E-state index >= 15 is 0 Å². The van der Waals surface area contributed by atoms with Gasteiger partial charge in [0.05, 0.1) is 11.1 Å². The molecule has 0 saturated heterocycles. The van der Waals surface area contributed by atoms with Gasteiger partial charge in [0.1, 0.15) is 0 Å². The number of aromatic nitrogens is 2. The normalized spacial score (nSPS) is 15.6. The summed E-state index contributed by atoms with van der Waals surface area (Å²) in [6.07, 6.45) is 8.54. The first kappa shape index (κ1) is 17.1. The largest absolute Gasteiger partial charge is 0.292 e. The van der Waals surface area contributed by atoms with Crippen LogP contribution in [-0.2, 0) is 0 Å². The van der Waals surface area contributed by atoms with Gasteiger partial charge in [0.2, 0.25) is 0 Å². The predicted octanol–water partition coefficient (Wildman–Crippen LogP) is 3.31. The summed E-state index contributed by atoms with van der Waals surface area (Å²) in [7, 11) is 0. The first-order chi connectivity index (χ1) is 12.2. The minimum absolute atomic E-state index is 0.175. The maximum absolute atomic E-state index is 12.5. The fourth-order valence-corrected chi connectivity index (χ4v) is 3.06. The Kier molecular flexibility index (Phi) is 5.38. The number of amides is 1. The zero-order valence-corrected chi connectivity index (χ0v) is 14.3. The van der Waals surface area contributed by atoms with Gasteiger partial charge in [-0.3, -0.25) is 9.59 Å². The van der Waals surface area contributed by atoms with E-state index in [0.29, 0.717) is 10.8 Å². The predicted molar refractivity (Wildman–Crippen MR) is 98.7 cm³/mol. The number of H-pyrrole nitrogens is 1. The zero-order valence-electron chi connectivity index (χ0n) is 14.3. The standard InChI is InChI=1S/C19H22N4O2/c1-2-3-4-8-13-9-7-12-16(13)20-23-19(25)17-14-10-5-6-11-15(14)18(24)22-21-17/h5-6,9-11H,2-4,7-8,12H2,1H3,(H,22,24)(H,23,25)/b20-16-. The van der Waals surface area contributed by atoms with E-state index in [4.69, 9.17) is 0 Å². The molecule has 0 fully saturated rings. The number of benzene rings is 1. The molecule has 0 bridgehead atoms. The third-order valence-electron chi connectivity index (χ3n) is 4.40. The van der Waals surface area contributed by atoms with E-state index in [0.717, 1.165) is 31.4 Å². The maximum atomic E-state index is 12.5. The Morgan fingerprint density at radius 2 is 2.08 bits per heavy atom. The number of nitrogens with one attached hydrogen (secondary N) is 2. The van der Waals surface area contributed by atoms with Gasteiger partial charge in [-0.05, 0) is 37.3 Å². The molecule has 130 valence electrons. The van der Waals surface area contributed by atoms with Crippen LogP contribution < -0.4 is 11.0 Å². The Bertz CT molecular complexity index is 896. The second kappa shape index (κ2) is 7.88. The minimum atomic E-state index is -0.417. The summed E-state index contributed by atoms with van der Waals surface area (Å²) >= 11 is 0. The van der Waals surface area contributed by atoms with E-state index in [1.807, 2.05) is 0 Å². The smallest absolute Gasteiger partial charge is 0.267 e. The van der Waals surface area contributed by atoms with Gasteiger partial charge < -0.3 is 0 Å². The second-order valence-corrected chi connectivity index (χ2v) is 6.17. The lowest BCUT2D eigenvalue weighted by molar-refractivity contribution is 0.0950. The number of fused-ring (bicyclic) bond motifs is 1. The third kappa shape index (κ3) is 3.84. The topological polar surface area (TPSA) is 87.2 Å². The third-order valence-corrected chi connectivity index (χ3v) is 4.40. The van der Waals surface area contributed by atoms with Crippen molar-refractivity contribution in [1.29, 1.82) is 0 Å². The van der Waals surface area contributed by atoms with Crippen molar-refractivity contribution in [2.24, 2.45) is 5.10 Å². The Hall–Kier alpha value is -2.76. The van der Waals surface area contributed by atoms with Gasteiger partial charge in [-0.15, -0.1) is 0 Å². The molecule has 3 rings (SSSR count). The molecule has 25 heavy (non-hydrogen) atoms. The molecule has 1 aliphatic rings. The van der Waals surface area contributed by atoms with Crippen LogP contribution in [0.4, 0.5) is 0 Å². The summed E-state index contributed by atoms with van der Waals surface area (Å²) in [5, 5.41) is 11.5. The van der Waals surface area contributed by atoms with Crippen LogP contribution >= 0.6 is 0 Å². The Balaban J connectivity index is 1.76. The molecule has 0 saturated carbocycles. The minimum Gasteiger partial charge on any atom is -0.267 e. The summed E-state index contributed by atoms with van der Waals surface area (Å²) in [6, 6.07) is 6.92. The highest BCUT2D eigenvalue weighted by atomic mass is 16.2. The lowest BCUT2D eigenvalue weighted by Gasteiger charge is -2.06. The first-order valence-corrected chi connectivity index (χ1v) is 8.74. The molecule has 6 nitrogen and oxygen atoms in total. The van der Waals surface area contributed by atoms with E-state index < -0.39 is 5.91 Å². The van der Waals surface area contributed by atoms with Crippen LogP contribution in [0.2, 0.25) is 0 Å². The van der Waals surface area contributed by atoms with Crippen LogP contribution in [0.25, 0.3) is 10.8 Å². The maximum Gasteiger partial charge on any atom is 0.292 e. The van der Waals surface area contributed by atoms with Crippen molar-refractivity contribution in [3.05, 3.63) is 52.0 Å². The van der Waals surface area contributed by atoms with Crippen molar-refractivity contribution in [2.45, 2.75) is 45.4 Å². The van der Waals surface area contributed by atoms with Crippen LogP contribution in [-0.4, -0.2) is 21.8 Å². The van der Waals surface area contributed by atoms with Crippen molar-refractivity contribution in [2.75, 3.05) is 0 Å². The summed E-state index contributed by atoms with van der Waals surface area (Å²) in [5.41, 5.74) is 4.63. The number of rotatable bonds is 6. The van der Waals surface area contributed by atoms with Crippen LogP contribution in [0.5, 0.6) is 0 Å². The molecular weight excluding hydrogens is 316 g/mol. The molecular formula is C19H22N4O2. The molecule has 1 aromatic heterocycles. The molecule has 1 aromatic carbocycles. The molecule has 0 unspecified atom stereocenters. The number of hydrazone groups is 1. The Morgan fingerprint density at radius 3 is 2.88 bits per heavy atom. The van der Waals surface area contributed by atoms with Crippen molar-refractivity contribution >= 4 is 22.4 Å². The first-order valence-electron chi connectivity index (χ1n) is 8.74. The van der Waals surface area contributed by atoms with Gasteiger partial charge in [-0.1, -0.05) is 44.0 Å². The van der Waals surface area contributed by atoms with Crippen molar-refractivity contribution in [1.82, 2.24) is 15.6 Å². The van der Waals surface area contributed by atoms with Crippen molar-refractivity contribution < 1.29 is 4.79 Å². The quantitative estimate of drug-likeness (QED) is 0.626. The number of nitrogens with zero attached hydrogens (tertiary/aromatic N) is 2. The number of allylic oxidation sites excluding steroid dienone is 2. The van der Waals surface area contributed by atoms with Crippen molar-refractivity contribution in [3.63, 3.8) is 0 Å². The van der Waals surface area contributed by atoms with Gasteiger partial charge in [0, 0.05) is 5.39 Å². The zero-order chi connectivity index (χ0) is 17.6. The number of carbonyl (C=O) groups is 1. The number of aromatic amines is 1. The van der Waals surface area contributed by atoms with Crippen LogP contribution in [0, 0.1) is 0 Å². The summed E-state index contributed by atoms with van der Waals surface area (Å²) in [4.78, 5) is 24.3. The van der Waals surface area contributed by atoms with Crippen LogP contribution in [0.15, 0.2) is 45.8 Å². The summed E-state index contributed by atoms with van der Waals surface area (Å²) < 4.78 is 0. The highest BCUT2D eigenvalue weighted by molar-refractivity contribution is 6.06. The second-order valence-electron chi connectivity index (χ2n) is 6.17. The lowest BCUT2D eigenvalue weighted by atomic mass is 10.1. The molecule has 0 radical (unpaired) electrons. The van der Waals surface area contributed by atoms with Gasteiger partial charge in [0.15, 0.2) is 5.69 Å². The van der Waals surface area contributed by atoms with Crippen molar-refractivity contribution in [3.8, 4) is 0 Å². The Morgan fingerprint density at radius 1 is 1.28 bits per heavy atom. The lowest BCUT2D eigenvalue weighted by Crippen LogP contribution is -2.23. The molecule has 2 N–H and O–H groups in total. The molecule has 1 aliphatic carbocycles. The number of hydrogen-bond donors (Lipinski definition) is 2. The number of unbranched alkanes of at least 4 members (excludes halogenated alkanes) is 2. The number of carbonyl (C=O) groups excluding carboxylic acids is 1. The van der Waals surface area contributed by atoms with Gasteiger partial charge >= 0.3 is 0 Å². The van der Waals surface area contributed by atoms with Gasteiger partial charge in [-0.25, -0.2) is 10.5 Å². The van der Waals surface area contributed by atoms with E-state index in [-0.39, 0.29) is 11.3 Å². The summed E-state index contributed by atoms with van der Waals surface area (Å²) in [5.74, 6) is -0.417. The monoisotopic (exact) mass is 338 g/mol. The molecule has 1 heterocycles. The molecule has 0 spiro atoms. The average molecular weight is 338 g/mol. The molecule has 6 heteroatoms. The molecule has 0 aliphatic heterocycles. The van der Waals surface area contributed by atoms with E-state index in [1.165, 1.54) is 18.4 Å². The van der Waals surface area contributed by atoms with E-state index in [2.05, 4.69) is 33.7 Å². The molecule has 2 aromatic rings. The van der Waals surface area contributed by atoms with E-state index in [9.17, 15) is 9.59 Å². The molecule has 1 amide bonds. The van der Waals surface area contributed by atoms with Crippen LogP contribution in [0.1, 0.15) is 55.9 Å². The van der Waals surface area contributed by atoms with Gasteiger partial charge in [-0.2, -0.15) is 10.2 Å². The SMILES string of the molecule is CCCCCC1=CCC/C1=N/NC(=O)c1n[nH]c(=O)c2ccccc12.